The average Bonchev–Trinajstić information content (AvgIpc) is 3.16. The maximum Gasteiger partial charge on any atom is 0.318 e. The number of hydrogen-bond donors (Lipinski definition) is 1. The molecule has 2 aromatic rings. The SMILES string of the molecule is C=CCN(C[C@H]1CC(c2ccccc2)=NO1)C(=O)NCc1ccccc1. The second kappa shape index (κ2) is 8.85. The molecule has 0 saturated heterocycles. The number of carbonyl (C=O) groups is 1. The van der Waals surface area contributed by atoms with Gasteiger partial charge in [0.2, 0.25) is 0 Å². The van der Waals surface area contributed by atoms with Crippen LogP contribution in [0.5, 0.6) is 0 Å². The van der Waals surface area contributed by atoms with Crippen molar-refractivity contribution >= 4 is 11.7 Å². The zero-order chi connectivity index (χ0) is 18.2. The van der Waals surface area contributed by atoms with Crippen LogP contribution in [0.15, 0.2) is 78.5 Å². The molecule has 2 amide bonds. The van der Waals surface area contributed by atoms with Crippen LogP contribution in [-0.4, -0.2) is 35.8 Å². The second-order valence-corrected chi connectivity index (χ2v) is 6.17. The molecule has 0 unspecified atom stereocenters. The molecule has 0 aliphatic carbocycles. The van der Waals surface area contributed by atoms with Crippen molar-refractivity contribution in [3.8, 4) is 0 Å². The van der Waals surface area contributed by atoms with Crippen molar-refractivity contribution in [2.45, 2.75) is 19.1 Å². The molecule has 1 aliphatic heterocycles. The van der Waals surface area contributed by atoms with E-state index in [1.807, 2.05) is 60.7 Å². The summed E-state index contributed by atoms with van der Waals surface area (Å²) in [7, 11) is 0. The highest BCUT2D eigenvalue weighted by Gasteiger charge is 2.26. The maximum atomic E-state index is 12.5. The average molecular weight is 349 g/mol. The highest BCUT2D eigenvalue weighted by molar-refractivity contribution is 6.01. The van der Waals surface area contributed by atoms with E-state index in [0.717, 1.165) is 16.8 Å². The van der Waals surface area contributed by atoms with Crippen LogP contribution in [0.2, 0.25) is 0 Å². The van der Waals surface area contributed by atoms with E-state index >= 15 is 0 Å². The van der Waals surface area contributed by atoms with Crippen molar-refractivity contribution < 1.29 is 9.63 Å². The molecule has 0 bridgehead atoms. The summed E-state index contributed by atoms with van der Waals surface area (Å²) >= 11 is 0. The zero-order valence-corrected chi connectivity index (χ0v) is 14.7. The molecular formula is C21H23N3O2. The zero-order valence-electron chi connectivity index (χ0n) is 14.7. The molecule has 0 fully saturated rings. The molecule has 1 atom stereocenters. The van der Waals surface area contributed by atoms with Gasteiger partial charge in [-0.1, -0.05) is 71.9 Å². The Morgan fingerprint density at radius 1 is 1.19 bits per heavy atom. The van der Waals surface area contributed by atoms with Gasteiger partial charge >= 0.3 is 6.03 Å². The van der Waals surface area contributed by atoms with Crippen LogP contribution in [0, 0.1) is 0 Å². The van der Waals surface area contributed by atoms with Gasteiger partial charge in [0.15, 0.2) is 6.10 Å². The monoisotopic (exact) mass is 349 g/mol. The third-order valence-corrected chi connectivity index (χ3v) is 4.19. The molecule has 3 rings (SSSR count). The summed E-state index contributed by atoms with van der Waals surface area (Å²) in [6.45, 7) is 5.16. The van der Waals surface area contributed by atoms with Gasteiger partial charge in [-0.2, -0.15) is 0 Å². The van der Waals surface area contributed by atoms with E-state index < -0.39 is 0 Å². The number of hydrogen-bond acceptors (Lipinski definition) is 3. The Bertz CT molecular complexity index is 759. The lowest BCUT2D eigenvalue weighted by molar-refractivity contribution is 0.0628. The summed E-state index contributed by atoms with van der Waals surface area (Å²) in [6, 6.07) is 19.7. The van der Waals surface area contributed by atoms with Gasteiger partial charge in [0.25, 0.3) is 0 Å². The van der Waals surface area contributed by atoms with E-state index in [9.17, 15) is 4.79 Å². The first kappa shape index (κ1) is 17.7. The van der Waals surface area contributed by atoms with Crippen molar-refractivity contribution in [3.63, 3.8) is 0 Å². The minimum Gasteiger partial charge on any atom is -0.390 e. The van der Waals surface area contributed by atoms with Crippen molar-refractivity contribution in [1.82, 2.24) is 10.2 Å². The van der Waals surface area contributed by atoms with Crippen molar-refractivity contribution in [2.24, 2.45) is 5.16 Å². The molecule has 0 aromatic heterocycles. The van der Waals surface area contributed by atoms with Gasteiger partial charge in [-0.25, -0.2) is 4.79 Å². The smallest absolute Gasteiger partial charge is 0.318 e. The Morgan fingerprint density at radius 3 is 2.58 bits per heavy atom. The van der Waals surface area contributed by atoms with Gasteiger partial charge in [-0.3, -0.25) is 0 Å². The van der Waals surface area contributed by atoms with E-state index in [1.165, 1.54) is 0 Å². The fourth-order valence-corrected chi connectivity index (χ4v) is 2.85. The molecule has 5 nitrogen and oxygen atoms in total. The van der Waals surface area contributed by atoms with Crippen LogP contribution in [0.4, 0.5) is 4.79 Å². The largest absolute Gasteiger partial charge is 0.390 e. The predicted molar refractivity (Wildman–Crippen MR) is 103 cm³/mol. The lowest BCUT2D eigenvalue weighted by Gasteiger charge is -2.23. The van der Waals surface area contributed by atoms with Crippen LogP contribution in [-0.2, 0) is 11.4 Å². The summed E-state index contributed by atoms with van der Waals surface area (Å²) < 4.78 is 0. The van der Waals surface area contributed by atoms with E-state index in [4.69, 9.17) is 4.84 Å². The first-order valence-corrected chi connectivity index (χ1v) is 8.72. The van der Waals surface area contributed by atoms with Gasteiger partial charge in [0.05, 0.1) is 12.3 Å². The first-order chi connectivity index (χ1) is 12.8. The molecule has 0 saturated carbocycles. The Labute approximate surface area is 154 Å². The standard InChI is InChI=1S/C21H23N3O2/c1-2-13-24(21(25)22-15-17-9-5-3-6-10-17)16-19-14-20(23-26-19)18-11-7-4-8-12-18/h2-12,19H,1,13-16H2,(H,22,25)/t19-/m1/s1. The predicted octanol–water partition coefficient (Wildman–Crippen LogP) is 3.58. The van der Waals surface area contributed by atoms with Crippen LogP contribution < -0.4 is 5.32 Å². The number of oxime groups is 1. The van der Waals surface area contributed by atoms with Gasteiger partial charge in [0, 0.05) is 19.5 Å². The fraction of sp³-hybridized carbons (Fsp3) is 0.238. The Morgan fingerprint density at radius 2 is 1.88 bits per heavy atom. The van der Waals surface area contributed by atoms with Crippen molar-refractivity contribution in [3.05, 3.63) is 84.4 Å². The lowest BCUT2D eigenvalue weighted by Crippen LogP contribution is -2.43. The number of amides is 2. The lowest BCUT2D eigenvalue weighted by atomic mass is 10.1. The molecule has 1 N–H and O–H groups in total. The molecule has 2 aromatic carbocycles. The van der Waals surface area contributed by atoms with E-state index in [2.05, 4.69) is 17.1 Å². The Kier molecular flexibility index (Phi) is 6.04. The minimum absolute atomic E-state index is 0.134. The minimum atomic E-state index is -0.146. The third kappa shape index (κ3) is 4.72. The van der Waals surface area contributed by atoms with Crippen LogP contribution >= 0.6 is 0 Å². The fourth-order valence-electron chi connectivity index (χ4n) is 2.85. The molecule has 1 aliphatic rings. The number of urea groups is 1. The molecule has 26 heavy (non-hydrogen) atoms. The summed E-state index contributed by atoms with van der Waals surface area (Å²) in [5.74, 6) is 0. The number of rotatable bonds is 7. The van der Waals surface area contributed by atoms with Crippen molar-refractivity contribution in [2.75, 3.05) is 13.1 Å². The van der Waals surface area contributed by atoms with Gasteiger partial charge in [0.1, 0.15) is 0 Å². The number of benzene rings is 2. The van der Waals surface area contributed by atoms with Gasteiger partial charge in [-0.05, 0) is 11.1 Å². The van der Waals surface area contributed by atoms with E-state index in [1.54, 1.807) is 11.0 Å². The first-order valence-electron chi connectivity index (χ1n) is 8.72. The van der Waals surface area contributed by atoms with Gasteiger partial charge < -0.3 is 15.1 Å². The number of nitrogens with zero attached hydrogens (tertiary/aromatic N) is 2. The normalized spacial score (nSPS) is 15.7. The summed E-state index contributed by atoms with van der Waals surface area (Å²) in [5.41, 5.74) is 3.03. The highest BCUT2D eigenvalue weighted by Crippen LogP contribution is 2.17. The third-order valence-electron chi connectivity index (χ3n) is 4.19. The molecule has 0 radical (unpaired) electrons. The molecule has 0 spiro atoms. The quantitative estimate of drug-likeness (QED) is 0.777. The maximum absolute atomic E-state index is 12.5. The van der Waals surface area contributed by atoms with E-state index in [-0.39, 0.29) is 12.1 Å². The summed E-state index contributed by atoms with van der Waals surface area (Å²) in [4.78, 5) is 19.8. The molecule has 5 heteroatoms. The summed E-state index contributed by atoms with van der Waals surface area (Å²) in [6.07, 6.45) is 2.26. The molecule has 1 heterocycles. The number of carbonyl (C=O) groups excluding carboxylic acids is 1. The topological polar surface area (TPSA) is 53.9 Å². The van der Waals surface area contributed by atoms with Crippen LogP contribution in [0.25, 0.3) is 0 Å². The number of nitrogens with one attached hydrogen (secondary N) is 1. The molecule has 134 valence electrons. The van der Waals surface area contributed by atoms with Gasteiger partial charge in [-0.15, -0.1) is 6.58 Å². The highest BCUT2D eigenvalue weighted by atomic mass is 16.6. The second-order valence-electron chi connectivity index (χ2n) is 6.17. The van der Waals surface area contributed by atoms with Crippen LogP contribution in [0.3, 0.4) is 0 Å². The summed E-state index contributed by atoms with van der Waals surface area (Å²) in [5, 5.41) is 7.13. The Hall–Kier alpha value is -3.08. The van der Waals surface area contributed by atoms with E-state index in [0.29, 0.717) is 26.1 Å². The molecular weight excluding hydrogens is 326 g/mol. The van der Waals surface area contributed by atoms with Crippen molar-refractivity contribution in [1.29, 1.82) is 0 Å². The van der Waals surface area contributed by atoms with Crippen LogP contribution in [0.1, 0.15) is 17.5 Å². The Balaban J connectivity index is 1.54.